The molecular weight excluding hydrogens is 210 g/mol. The lowest BCUT2D eigenvalue weighted by molar-refractivity contribution is 0.286. The van der Waals surface area contributed by atoms with Gasteiger partial charge in [0.1, 0.15) is 0 Å². The lowest BCUT2D eigenvalue weighted by atomic mass is 10.1. The van der Waals surface area contributed by atoms with Crippen LogP contribution in [0, 0.1) is 5.92 Å². The number of sulfone groups is 1. The van der Waals surface area contributed by atoms with Crippen molar-refractivity contribution in [2.45, 2.75) is 33.1 Å². The highest BCUT2D eigenvalue weighted by molar-refractivity contribution is 7.91. The summed E-state index contributed by atoms with van der Waals surface area (Å²) in [5.41, 5.74) is 0. The van der Waals surface area contributed by atoms with Crippen LogP contribution in [0.15, 0.2) is 0 Å². The molecule has 0 saturated carbocycles. The summed E-state index contributed by atoms with van der Waals surface area (Å²) in [6.07, 6.45) is 3.76. The summed E-state index contributed by atoms with van der Waals surface area (Å²) in [5, 5.41) is 0. The van der Waals surface area contributed by atoms with Gasteiger partial charge < -0.3 is 4.90 Å². The topological polar surface area (TPSA) is 37.4 Å². The van der Waals surface area contributed by atoms with E-state index >= 15 is 0 Å². The molecule has 1 rings (SSSR count). The predicted molar refractivity (Wildman–Crippen MR) is 63.8 cm³/mol. The number of unbranched alkanes of at least 4 members (excludes halogenated alkanes) is 1. The molecule has 15 heavy (non-hydrogen) atoms. The number of hydrogen-bond acceptors (Lipinski definition) is 3. The van der Waals surface area contributed by atoms with Crippen molar-refractivity contribution in [3.63, 3.8) is 0 Å². The fraction of sp³-hybridized carbons (Fsp3) is 1.00. The van der Waals surface area contributed by atoms with Crippen molar-refractivity contribution < 1.29 is 8.42 Å². The van der Waals surface area contributed by atoms with E-state index in [-0.39, 0.29) is 0 Å². The zero-order valence-corrected chi connectivity index (χ0v) is 10.7. The Kier molecular flexibility index (Phi) is 5.06. The molecule has 0 atom stereocenters. The molecule has 0 unspecified atom stereocenters. The second-order valence-electron chi connectivity index (χ2n) is 4.88. The lowest BCUT2D eigenvalue weighted by Gasteiger charge is -2.26. The largest absolute Gasteiger partial charge is 0.301 e. The van der Waals surface area contributed by atoms with Gasteiger partial charge in [0, 0.05) is 13.1 Å². The second kappa shape index (κ2) is 5.85. The molecular formula is C11H23NO2S. The minimum atomic E-state index is -2.70. The summed E-state index contributed by atoms with van der Waals surface area (Å²) < 4.78 is 22.4. The molecule has 1 saturated heterocycles. The molecule has 0 aromatic rings. The van der Waals surface area contributed by atoms with E-state index in [1.54, 1.807) is 0 Å². The first-order valence-electron chi connectivity index (χ1n) is 5.92. The Morgan fingerprint density at radius 2 is 1.73 bits per heavy atom. The lowest BCUT2D eigenvalue weighted by Crippen LogP contribution is -2.40. The minimum absolute atomic E-state index is 0.358. The van der Waals surface area contributed by atoms with Crippen LogP contribution >= 0.6 is 0 Å². The first-order chi connectivity index (χ1) is 6.99. The van der Waals surface area contributed by atoms with Gasteiger partial charge in [-0.2, -0.15) is 0 Å². The fourth-order valence-electron chi connectivity index (χ4n) is 1.86. The van der Waals surface area contributed by atoms with Crippen LogP contribution in [0.4, 0.5) is 0 Å². The molecule has 0 radical (unpaired) electrons. The molecule has 1 aliphatic rings. The highest BCUT2D eigenvalue weighted by Gasteiger charge is 2.20. The monoisotopic (exact) mass is 233 g/mol. The van der Waals surface area contributed by atoms with Gasteiger partial charge >= 0.3 is 0 Å². The molecule has 1 fully saturated rings. The molecule has 4 heteroatoms. The average Bonchev–Trinajstić information content (AvgIpc) is 2.14. The van der Waals surface area contributed by atoms with E-state index in [2.05, 4.69) is 18.7 Å². The Labute approximate surface area is 93.8 Å². The molecule has 90 valence electrons. The van der Waals surface area contributed by atoms with E-state index < -0.39 is 9.84 Å². The maximum atomic E-state index is 11.2. The maximum Gasteiger partial charge on any atom is 0.152 e. The van der Waals surface area contributed by atoms with Gasteiger partial charge in [-0.1, -0.05) is 26.7 Å². The number of rotatable bonds is 5. The van der Waals surface area contributed by atoms with Crippen LogP contribution in [0.2, 0.25) is 0 Å². The summed E-state index contributed by atoms with van der Waals surface area (Å²) in [6, 6.07) is 0. The molecule has 0 bridgehead atoms. The minimum Gasteiger partial charge on any atom is -0.301 e. The predicted octanol–water partition coefficient (Wildman–Crippen LogP) is 1.54. The molecule has 3 nitrogen and oxygen atoms in total. The van der Waals surface area contributed by atoms with Crippen molar-refractivity contribution in [1.29, 1.82) is 0 Å². The standard InChI is InChI=1S/C11H23NO2S/c1-11(2)5-3-4-6-12-7-9-15(13,14)10-8-12/h11H,3-10H2,1-2H3. The highest BCUT2D eigenvalue weighted by atomic mass is 32.2. The van der Waals surface area contributed by atoms with Gasteiger partial charge in [0.05, 0.1) is 11.5 Å². The quantitative estimate of drug-likeness (QED) is 0.676. The molecule has 0 spiro atoms. The van der Waals surface area contributed by atoms with E-state index in [9.17, 15) is 8.42 Å². The zero-order valence-electron chi connectivity index (χ0n) is 9.91. The Morgan fingerprint density at radius 3 is 2.27 bits per heavy atom. The molecule has 1 aliphatic heterocycles. The van der Waals surface area contributed by atoms with Gasteiger partial charge in [-0.15, -0.1) is 0 Å². The van der Waals surface area contributed by atoms with Crippen molar-refractivity contribution >= 4 is 9.84 Å². The Balaban J connectivity index is 2.09. The van der Waals surface area contributed by atoms with Gasteiger partial charge in [0.15, 0.2) is 9.84 Å². The van der Waals surface area contributed by atoms with Crippen LogP contribution in [0.1, 0.15) is 33.1 Å². The van der Waals surface area contributed by atoms with Crippen LogP contribution in [0.3, 0.4) is 0 Å². The molecule has 0 aromatic carbocycles. The first-order valence-corrected chi connectivity index (χ1v) is 7.74. The first kappa shape index (κ1) is 13.0. The molecule has 0 aliphatic carbocycles. The van der Waals surface area contributed by atoms with Crippen LogP contribution in [0.25, 0.3) is 0 Å². The van der Waals surface area contributed by atoms with Crippen LogP contribution in [-0.2, 0) is 9.84 Å². The molecule has 1 heterocycles. The summed E-state index contributed by atoms with van der Waals surface area (Å²) in [6.45, 7) is 7.04. The van der Waals surface area contributed by atoms with Crippen LogP contribution in [-0.4, -0.2) is 44.5 Å². The summed E-state index contributed by atoms with van der Waals surface area (Å²) in [4.78, 5) is 2.28. The summed E-state index contributed by atoms with van der Waals surface area (Å²) in [5.74, 6) is 1.50. The Hall–Kier alpha value is -0.0900. The van der Waals surface area contributed by atoms with Gasteiger partial charge in [-0.25, -0.2) is 8.42 Å². The smallest absolute Gasteiger partial charge is 0.152 e. The number of hydrogen-bond donors (Lipinski definition) is 0. The average molecular weight is 233 g/mol. The third-order valence-electron chi connectivity index (χ3n) is 2.94. The van der Waals surface area contributed by atoms with Gasteiger partial charge in [0.2, 0.25) is 0 Å². The van der Waals surface area contributed by atoms with Gasteiger partial charge in [0.25, 0.3) is 0 Å². The van der Waals surface area contributed by atoms with Crippen molar-refractivity contribution in [3.8, 4) is 0 Å². The second-order valence-corrected chi connectivity index (χ2v) is 7.19. The van der Waals surface area contributed by atoms with E-state index in [1.807, 2.05) is 0 Å². The molecule has 0 N–H and O–H groups in total. The van der Waals surface area contributed by atoms with Crippen molar-refractivity contribution in [3.05, 3.63) is 0 Å². The van der Waals surface area contributed by atoms with Crippen molar-refractivity contribution in [2.24, 2.45) is 5.92 Å². The fourth-order valence-corrected chi connectivity index (χ4v) is 3.14. The van der Waals surface area contributed by atoms with Crippen molar-refractivity contribution in [1.82, 2.24) is 4.90 Å². The zero-order chi connectivity index (χ0) is 11.3. The van der Waals surface area contributed by atoms with Crippen LogP contribution < -0.4 is 0 Å². The summed E-state index contributed by atoms with van der Waals surface area (Å²) >= 11 is 0. The maximum absolute atomic E-state index is 11.2. The summed E-state index contributed by atoms with van der Waals surface area (Å²) in [7, 11) is -2.70. The van der Waals surface area contributed by atoms with Gasteiger partial charge in [-0.05, 0) is 18.9 Å². The van der Waals surface area contributed by atoms with E-state index in [0.717, 1.165) is 25.6 Å². The van der Waals surface area contributed by atoms with E-state index in [4.69, 9.17) is 0 Å². The molecule has 0 amide bonds. The van der Waals surface area contributed by atoms with E-state index in [0.29, 0.717) is 11.5 Å². The third kappa shape index (κ3) is 5.52. The normalized spacial score (nSPS) is 22.1. The van der Waals surface area contributed by atoms with Gasteiger partial charge in [-0.3, -0.25) is 0 Å². The molecule has 0 aromatic heterocycles. The number of nitrogens with zero attached hydrogens (tertiary/aromatic N) is 1. The van der Waals surface area contributed by atoms with Crippen molar-refractivity contribution in [2.75, 3.05) is 31.1 Å². The Bertz CT molecular complexity index is 258. The Morgan fingerprint density at radius 1 is 1.13 bits per heavy atom. The SMILES string of the molecule is CC(C)CCCCN1CCS(=O)(=O)CC1. The highest BCUT2D eigenvalue weighted by Crippen LogP contribution is 2.09. The van der Waals surface area contributed by atoms with Crippen LogP contribution in [0.5, 0.6) is 0 Å². The third-order valence-corrected chi connectivity index (χ3v) is 4.55. The van der Waals surface area contributed by atoms with E-state index in [1.165, 1.54) is 19.3 Å².